The molecule has 2 amide bonds. The minimum atomic E-state index is -0.140. The van der Waals surface area contributed by atoms with Crippen molar-refractivity contribution in [3.05, 3.63) is 78.0 Å². The summed E-state index contributed by atoms with van der Waals surface area (Å²) in [7, 11) is 3.49. The van der Waals surface area contributed by atoms with E-state index in [9.17, 15) is 9.59 Å². The van der Waals surface area contributed by atoms with Crippen molar-refractivity contribution in [3.8, 4) is 17.0 Å². The van der Waals surface area contributed by atoms with E-state index in [-0.39, 0.29) is 29.9 Å². The molecule has 4 rings (SSSR count). The molecule has 0 fully saturated rings. The number of amides is 2. The Hall–Kier alpha value is -3.75. The monoisotopic (exact) mass is 558 g/mol. The second kappa shape index (κ2) is 14.2. The number of hydrogen-bond acceptors (Lipinski definition) is 6. The summed E-state index contributed by atoms with van der Waals surface area (Å²) in [6.07, 6.45) is 2.86. The molecule has 8 nitrogen and oxygen atoms in total. The molecule has 1 aliphatic heterocycles. The Morgan fingerprint density at radius 1 is 1.10 bits per heavy atom. The maximum absolute atomic E-state index is 13.5. The summed E-state index contributed by atoms with van der Waals surface area (Å²) in [4.78, 5) is 34.2. The normalized spacial score (nSPS) is 20.4. The van der Waals surface area contributed by atoms with Crippen LogP contribution in [0.2, 0.25) is 0 Å². The Bertz CT molecular complexity index is 1300. The van der Waals surface area contributed by atoms with Gasteiger partial charge >= 0.3 is 0 Å². The Balaban J connectivity index is 1.59. The number of hydrogen-bond donors (Lipinski definition) is 1. The highest BCUT2D eigenvalue weighted by atomic mass is 16.5. The van der Waals surface area contributed by atoms with Crippen LogP contribution in [-0.2, 0) is 16.1 Å². The van der Waals surface area contributed by atoms with Gasteiger partial charge in [0.15, 0.2) is 0 Å². The molecule has 2 heterocycles. The third kappa shape index (κ3) is 7.93. The molecule has 41 heavy (non-hydrogen) atoms. The van der Waals surface area contributed by atoms with E-state index >= 15 is 0 Å². The third-order valence-corrected chi connectivity index (χ3v) is 7.64. The van der Waals surface area contributed by atoms with Crippen molar-refractivity contribution >= 4 is 17.5 Å². The van der Waals surface area contributed by atoms with E-state index in [0.717, 1.165) is 30.8 Å². The first-order chi connectivity index (χ1) is 19.8. The van der Waals surface area contributed by atoms with Crippen LogP contribution in [0.25, 0.3) is 11.3 Å². The summed E-state index contributed by atoms with van der Waals surface area (Å²) in [5.74, 6) is 0.430. The van der Waals surface area contributed by atoms with Gasteiger partial charge in [-0.05, 0) is 49.1 Å². The first kappa shape index (κ1) is 30.2. The van der Waals surface area contributed by atoms with Crippen LogP contribution in [0.5, 0.6) is 5.75 Å². The second-order valence-corrected chi connectivity index (χ2v) is 10.9. The van der Waals surface area contributed by atoms with Gasteiger partial charge in [0.25, 0.3) is 5.91 Å². The van der Waals surface area contributed by atoms with Crippen molar-refractivity contribution in [2.75, 3.05) is 39.2 Å². The molecular weight excluding hydrogens is 516 g/mol. The highest BCUT2D eigenvalue weighted by Crippen LogP contribution is 2.27. The standard InChI is InChI=1S/C33H42N4O4/c1-6-9-32(38)35-27-15-16-28-30(18-27)41-22-24(3)37(19-23(2)31(40-5)21-36(4)33(28)39)20-25-11-13-26(14-12-25)29-10-7-8-17-34-29/h7-8,10-18,23-24,31H,6,9,19-22H2,1-5H3,(H,35,38)/t23-,24-,31+/m0/s1. The lowest BCUT2D eigenvalue weighted by atomic mass is 10.0. The summed E-state index contributed by atoms with van der Waals surface area (Å²) >= 11 is 0. The fourth-order valence-corrected chi connectivity index (χ4v) is 5.14. The van der Waals surface area contributed by atoms with E-state index < -0.39 is 0 Å². The Labute approximate surface area is 243 Å². The summed E-state index contributed by atoms with van der Waals surface area (Å²) < 4.78 is 12.2. The maximum Gasteiger partial charge on any atom is 0.257 e. The van der Waals surface area contributed by atoms with Crippen molar-refractivity contribution < 1.29 is 19.1 Å². The molecule has 0 saturated carbocycles. The van der Waals surface area contributed by atoms with Crippen molar-refractivity contribution in [1.82, 2.24) is 14.8 Å². The molecular formula is C33H42N4O4. The number of likely N-dealkylation sites (N-methyl/N-ethyl adjacent to an activating group) is 1. The van der Waals surface area contributed by atoms with Crippen LogP contribution < -0.4 is 10.1 Å². The van der Waals surface area contributed by atoms with E-state index in [4.69, 9.17) is 9.47 Å². The van der Waals surface area contributed by atoms with Gasteiger partial charge in [-0.15, -0.1) is 0 Å². The first-order valence-electron chi connectivity index (χ1n) is 14.4. The summed E-state index contributed by atoms with van der Waals surface area (Å²) in [6, 6.07) is 19.7. The van der Waals surface area contributed by atoms with Crippen LogP contribution in [-0.4, -0.2) is 72.6 Å². The lowest BCUT2D eigenvalue weighted by Crippen LogP contribution is -2.46. The zero-order valence-electron chi connectivity index (χ0n) is 24.8. The van der Waals surface area contributed by atoms with Gasteiger partial charge in [-0.25, -0.2) is 0 Å². The number of carbonyl (C=O) groups excluding carboxylic acids is 2. The molecule has 1 aromatic heterocycles. The number of ether oxygens (including phenoxy) is 2. The van der Waals surface area contributed by atoms with Crippen LogP contribution >= 0.6 is 0 Å². The number of benzene rings is 2. The van der Waals surface area contributed by atoms with Crippen molar-refractivity contribution in [2.45, 2.75) is 52.3 Å². The Morgan fingerprint density at radius 3 is 2.56 bits per heavy atom. The van der Waals surface area contributed by atoms with Crippen LogP contribution in [0.4, 0.5) is 5.69 Å². The van der Waals surface area contributed by atoms with E-state index in [1.54, 1.807) is 43.5 Å². The minimum Gasteiger partial charge on any atom is -0.491 e. The smallest absolute Gasteiger partial charge is 0.257 e. The average molecular weight is 559 g/mol. The topological polar surface area (TPSA) is 84.0 Å². The lowest BCUT2D eigenvalue weighted by molar-refractivity contribution is -0.116. The predicted molar refractivity (Wildman–Crippen MR) is 162 cm³/mol. The van der Waals surface area contributed by atoms with Gasteiger partial charge < -0.3 is 19.7 Å². The number of aromatic nitrogens is 1. The second-order valence-electron chi connectivity index (χ2n) is 10.9. The van der Waals surface area contributed by atoms with E-state index in [0.29, 0.717) is 36.6 Å². The summed E-state index contributed by atoms with van der Waals surface area (Å²) in [5, 5.41) is 2.92. The first-order valence-corrected chi connectivity index (χ1v) is 14.4. The van der Waals surface area contributed by atoms with Crippen molar-refractivity contribution in [1.29, 1.82) is 0 Å². The zero-order valence-corrected chi connectivity index (χ0v) is 24.8. The van der Waals surface area contributed by atoms with Gasteiger partial charge in [0.2, 0.25) is 5.91 Å². The van der Waals surface area contributed by atoms with Crippen LogP contribution in [0.15, 0.2) is 66.9 Å². The molecule has 0 aliphatic carbocycles. The van der Waals surface area contributed by atoms with E-state index in [2.05, 4.69) is 53.3 Å². The molecule has 0 saturated heterocycles. The van der Waals surface area contributed by atoms with Gasteiger partial charge in [0.1, 0.15) is 12.4 Å². The SMILES string of the molecule is CCCC(=O)Nc1ccc2c(c1)OC[C@H](C)N(Cc1ccc(-c3ccccn3)cc1)C[C@H](C)[C@H](OC)CN(C)C2=O. The quantitative estimate of drug-likeness (QED) is 0.413. The fourth-order valence-electron chi connectivity index (χ4n) is 5.14. The van der Waals surface area contributed by atoms with Gasteiger partial charge in [0.05, 0.1) is 17.4 Å². The molecule has 218 valence electrons. The number of fused-ring (bicyclic) bond motifs is 1. The predicted octanol–water partition coefficient (Wildman–Crippen LogP) is 5.49. The zero-order chi connectivity index (χ0) is 29.4. The third-order valence-electron chi connectivity index (χ3n) is 7.64. The Morgan fingerprint density at radius 2 is 1.88 bits per heavy atom. The number of nitrogens with one attached hydrogen (secondary N) is 1. The van der Waals surface area contributed by atoms with Gasteiger partial charge in [-0.2, -0.15) is 0 Å². The summed E-state index contributed by atoms with van der Waals surface area (Å²) in [6.45, 7) is 8.62. The number of methoxy groups -OCH3 is 1. The van der Waals surface area contributed by atoms with E-state index in [1.807, 2.05) is 25.1 Å². The number of pyridine rings is 1. The summed E-state index contributed by atoms with van der Waals surface area (Å²) in [5.41, 5.74) is 4.31. The van der Waals surface area contributed by atoms with Crippen LogP contribution in [0.1, 0.15) is 49.5 Å². The van der Waals surface area contributed by atoms with Crippen molar-refractivity contribution in [3.63, 3.8) is 0 Å². The van der Waals surface area contributed by atoms with Gasteiger partial charge in [0, 0.05) is 69.8 Å². The van der Waals surface area contributed by atoms with Crippen molar-refractivity contribution in [2.24, 2.45) is 5.92 Å². The fraction of sp³-hybridized carbons (Fsp3) is 0.424. The number of carbonyl (C=O) groups is 2. The van der Waals surface area contributed by atoms with Crippen LogP contribution in [0.3, 0.4) is 0 Å². The molecule has 1 aliphatic rings. The molecule has 1 N–H and O–H groups in total. The molecule has 0 unspecified atom stereocenters. The molecule has 8 heteroatoms. The molecule has 0 spiro atoms. The number of nitrogens with zero attached hydrogens (tertiary/aromatic N) is 3. The number of anilines is 1. The lowest BCUT2D eigenvalue weighted by Gasteiger charge is -2.36. The molecule has 0 bridgehead atoms. The van der Waals surface area contributed by atoms with Crippen LogP contribution in [0, 0.1) is 5.92 Å². The van der Waals surface area contributed by atoms with Gasteiger partial charge in [-0.3, -0.25) is 19.5 Å². The average Bonchev–Trinajstić information content (AvgIpc) is 2.98. The molecule has 3 atom stereocenters. The minimum absolute atomic E-state index is 0.0452. The van der Waals surface area contributed by atoms with Gasteiger partial charge in [-0.1, -0.05) is 44.2 Å². The van der Waals surface area contributed by atoms with E-state index in [1.165, 1.54) is 5.56 Å². The molecule has 2 aromatic carbocycles. The molecule has 3 aromatic rings. The molecule has 0 radical (unpaired) electrons. The highest BCUT2D eigenvalue weighted by molar-refractivity contribution is 5.98. The highest BCUT2D eigenvalue weighted by Gasteiger charge is 2.28. The largest absolute Gasteiger partial charge is 0.491 e. The Kier molecular flexibility index (Phi) is 10.5. The maximum atomic E-state index is 13.5. The number of rotatable bonds is 7.